The fourth-order valence-corrected chi connectivity index (χ4v) is 5.03. The lowest BCUT2D eigenvalue weighted by Crippen LogP contribution is -2.39. The van der Waals surface area contributed by atoms with Crippen LogP contribution in [-0.2, 0) is 10.0 Å². The number of aromatic nitrogens is 1. The molecule has 112 valence electrons. The second-order valence-corrected chi connectivity index (χ2v) is 7.90. The van der Waals surface area contributed by atoms with Gasteiger partial charge in [-0.25, -0.2) is 22.9 Å². The molecule has 1 aliphatic rings. The molecule has 0 radical (unpaired) electrons. The fraction of sp³-hybridized carbons (Fsp3) is 0.667. The molecule has 1 fully saturated rings. The number of carboxylic acids is 1. The molecule has 2 N–H and O–H groups in total. The first kappa shape index (κ1) is 15.4. The van der Waals surface area contributed by atoms with Crippen LogP contribution in [0.3, 0.4) is 0 Å². The molecule has 0 bridgehead atoms. The Hall–Kier alpha value is -0.990. The summed E-state index contributed by atoms with van der Waals surface area (Å²) in [7, 11) is -3.82. The van der Waals surface area contributed by atoms with Gasteiger partial charge in [0.25, 0.3) is 10.0 Å². The van der Waals surface area contributed by atoms with Crippen molar-refractivity contribution in [2.75, 3.05) is 0 Å². The van der Waals surface area contributed by atoms with E-state index in [0.29, 0.717) is 0 Å². The fourth-order valence-electron chi connectivity index (χ4n) is 2.49. The van der Waals surface area contributed by atoms with Crippen LogP contribution in [-0.4, -0.2) is 30.5 Å². The normalized spacial score (nSPS) is 24.2. The van der Waals surface area contributed by atoms with E-state index in [1.165, 1.54) is 5.51 Å². The minimum Gasteiger partial charge on any atom is -0.476 e. The number of carbonyl (C=O) groups is 1. The number of hydrogen-bond acceptors (Lipinski definition) is 5. The van der Waals surface area contributed by atoms with Crippen molar-refractivity contribution in [2.24, 2.45) is 5.92 Å². The highest BCUT2D eigenvalue weighted by Gasteiger charge is 2.30. The predicted molar refractivity (Wildman–Crippen MR) is 75.4 cm³/mol. The topological polar surface area (TPSA) is 96.4 Å². The van der Waals surface area contributed by atoms with Crippen LogP contribution in [0.5, 0.6) is 0 Å². The Kier molecular flexibility index (Phi) is 4.77. The van der Waals surface area contributed by atoms with E-state index in [9.17, 15) is 13.2 Å². The van der Waals surface area contributed by atoms with Crippen molar-refractivity contribution >= 4 is 27.3 Å². The second kappa shape index (κ2) is 6.19. The highest BCUT2D eigenvalue weighted by Crippen LogP contribution is 2.26. The number of thiazole rings is 1. The van der Waals surface area contributed by atoms with Crippen LogP contribution < -0.4 is 4.72 Å². The summed E-state index contributed by atoms with van der Waals surface area (Å²) in [5.41, 5.74) is 0.845. The average molecular weight is 318 g/mol. The second-order valence-electron chi connectivity index (χ2n) is 5.14. The van der Waals surface area contributed by atoms with Gasteiger partial charge >= 0.3 is 5.97 Å². The first-order chi connectivity index (χ1) is 9.42. The van der Waals surface area contributed by atoms with Crippen molar-refractivity contribution in [3.63, 3.8) is 0 Å². The van der Waals surface area contributed by atoms with E-state index in [2.05, 4.69) is 9.71 Å². The van der Waals surface area contributed by atoms with Gasteiger partial charge < -0.3 is 5.11 Å². The first-order valence-corrected chi connectivity index (χ1v) is 8.97. The van der Waals surface area contributed by atoms with Gasteiger partial charge in [-0.05, 0) is 18.8 Å². The lowest BCUT2D eigenvalue weighted by atomic mass is 9.98. The van der Waals surface area contributed by atoms with Crippen molar-refractivity contribution in [3.05, 3.63) is 11.2 Å². The number of nitrogens with zero attached hydrogens (tertiary/aromatic N) is 1. The summed E-state index contributed by atoms with van der Waals surface area (Å²) in [6.07, 6.45) is 5.00. The third-order valence-electron chi connectivity index (χ3n) is 3.65. The van der Waals surface area contributed by atoms with E-state index in [-0.39, 0.29) is 16.2 Å². The van der Waals surface area contributed by atoms with Gasteiger partial charge in [0.2, 0.25) is 0 Å². The number of hydrogen-bond donors (Lipinski definition) is 2. The van der Waals surface area contributed by atoms with Crippen molar-refractivity contribution in [1.29, 1.82) is 0 Å². The van der Waals surface area contributed by atoms with Crippen molar-refractivity contribution in [2.45, 2.75) is 49.3 Å². The quantitative estimate of drug-likeness (QED) is 0.829. The summed E-state index contributed by atoms with van der Waals surface area (Å²) in [4.78, 5) is 14.6. The van der Waals surface area contributed by atoms with Crippen LogP contribution in [0.4, 0.5) is 0 Å². The minimum atomic E-state index is -3.82. The maximum absolute atomic E-state index is 12.3. The summed E-state index contributed by atoms with van der Waals surface area (Å²) in [6, 6.07) is -0.133. The molecule has 2 atom stereocenters. The summed E-state index contributed by atoms with van der Waals surface area (Å²) in [5, 5.41) is 8.97. The Morgan fingerprint density at radius 1 is 1.40 bits per heavy atom. The molecular weight excluding hydrogens is 300 g/mol. The van der Waals surface area contributed by atoms with E-state index in [1.54, 1.807) is 0 Å². The van der Waals surface area contributed by atoms with Crippen LogP contribution >= 0.6 is 11.3 Å². The molecule has 1 saturated carbocycles. The van der Waals surface area contributed by atoms with Gasteiger partial charge in [0.05, 0.1) is 5.51 Å². The van der Waals surface area contributed by atoms with Gasteiger partial charge in [0, 0.05) is 6.04 Å². The molecule has 0 amide bonds. The standard InChI is InChI=1S/C12H18N2O4S2/c1-8-5-3-2-4-6-9(8)14-20(17,18)12-10(11(15)16)13-7-19-12/h7-9,14H,2-6H2,1H3,(H,15,16). The van der Waals surface area contributed by atoms with Gasteiger partial charge in [-0.15, -0.1) is 11.3 Å². The van der Waals surface area contributed by atoms with Crippen LogP contribution in [0.2, 0.25) is 0 Å². The number of nitrogens with one attached hydrogen (secondary N) is 1. The van der Waals surface area contributed by atoms with Gasteiger partial charge in [-0.3, -0.25) is 0 Å². The zero-order valence-electron chi connectivity index (χ0n) is 11.2. The first-order valence-electron chi connectivity index (χ1n) is 6.61. The molecule has 0 spiro atoms. The SMILES string of the molecule is CC1CCCCCC1NS(=O)(=O)c1scnc1C(=O)O. The van der Waals surface area contributed by atoms with Crippen molar-refractivity contribution in [3.8, 4) is 0 Å². The smallest absolute Gasteiger partial charge is 0.356 e. The zero-order chi connectivity index (χ0) is 14.8. The Balaban J connectivity index is 2.22. The van der Waals surface area contributed by atoms with Crippen LogP contribution in [0.25, 0.3) is 0 Å². The lowest BCUT2D eigenvalue weighted by Gasteiger charge is -2.22. The van der Waals surface area contributed by atoms with Crippen LogP contribution in [0, 0.1) is 5.92 Å². The molecule has 0 saturated heterocycles. The number of sulfonamides is 1. The number of rotatable bonds is 4. The molecule has 8 heteroatoms. The van der Waals surface area contributed by atoms with Gasteiger partial charge in [-0.2, -0.15) is 0 Å². The van der Waals surface area contributed by atoms with E-state index in [1.807, 2.05) is 6.92 Å². The summed E-state index contributed by atoms with van der Waals surface area (Å²) in [6.45, 7) is 2.03. The predicted octanol–water partition coefficient (Wildman–Crippen LogP) is 2.09. The van der Waals surface area contributed by atoms with Crippen LogP contribution in [0.15, 0.2) is 9.72 Å². The maximum atomic E-state index is 12.3. The van der Waals surface area contributed by atoms with E-state index in [0.717, 1.165) is 43.4 Å². The van der Waals surface area contributed by atoms with Gasteiger partial charge in [0.15, 0.2) is 9.90 Å². The molecule has 0 aliphatic heterocycles. The maximum Gasteiger partial charge on any atom is 0.356 e. The van der Waals surface area contributed by atoms with E-state index >= 15 is 0 Å². The van der Waals surface area contributed by atoms with E-state index < -0.39 is 21.7 Å². The molecule has 1 aromatic heterocycles. The molecule has 20 heavy (non-hydrogen) atoms. The van der Waals surface area contributed by atoms with Gasteiger partial charge in [0.1, 0.15) is 0 Å². The number of aromatic carboxylic acids is 1. The number of carboxylic acid groups (broad SMARTS) is 1. The molecular formula is C12H18N2O4S2. The van der Waals surface area contributed by atoms with E-state index in [4.69, 9.17) is 5.11 Å². The minimum absolute atomic E-state index is 0.133. The largest absolute Gasteiger partial charge is 0.476 e. The van der Waals surface area contributed by atoms with Crippen molar-refractivity contribution < 1.29 is 18.3 Å². The Morgan fingerprint density at radius 3 is 2.80 bits per heavy atom. The third kappa shape index (κ3) is 3.36. The Bertz CT molecular complexity index is 582. The molecule has 1 aromatic rings. The van der Waals surface area contributed by atoms with Crippen LogP contribution in [0.1, 0.15) is 49.5 Å². The molecule has 2 unspecified atom stereocenters. The molecule has 1 aliphatic carbocycles. The Morgan fingerprint density at radius 2 is 2.10 bits per heavy atom. The third-order valence-corrected chi connectivity index (χ3v) is 6.51. The summed E-state index contributed by atoms with van der Waals surface area (Å²) in [5.74, 6) is -1.06. The molecule has 1 heterocycles. The zero-order valence-corrected chi connectivity index (χ0v) is 12.8. The highest BCUT2D eigenvalue weighted by atomic mass is 32.2. The molecule has 6 nitrogen and oxygen atoms in total. The van der Waals surface area contributed by atoms with Gasteiger partial charge in [-0.1, -0.05) is 26.2 Å². The Labute approximate surface area is 122 Å². The van der Waals surface area contributed by atoms with Crippen molar-refractivity contribution in [1.82, 2.24) is 9.71 Å². The monoisotopic (exact) mass is 318 g/mol. The lowest BCUT2D eigenvalue weighted by molar-refractivity contribution is 0.0687. The highest BCUT2D eigenvalue weighted by molar-refractivity contribution is 7.91. The molecule has 2 rings (SSSR count). The average Bonchev–Trinajstić information content (AvgIpc) is 2.79. The molecule has 0 aromatic carbocycles. The summed E-state index contributed by atoms with van der Waals surface area (Å²) >= 11 is 0.837. The summed E-state index contributed by atoms with van der Waals surface area (Å²) < 4.78 is 27.1.